The first-order valence-electron chi connectivity index (χ1n) is 8.39. The lowest BCUT2D eigenvalue weighted by Gasteiger charge is -2.26. The van der Waals surface area contributed by atoms with Crippen LogP contribution in [0.4, 0.5) is 0 Å². The molecule has 1 aliphatic rings. The molecule has 0 aliphatic carbocycles. The number of hydrogen-bond acceptors (Lipinski definition) is 7. The molecule has 0 bridgehead atoms. The number of amides is 1. The minimum Gasteiger partial charge on any atom is -0.341 e. The van der Waals surface area contributed by atoms with Crippen molar-refractivity contribution in [3.05, 3.63) is 28.7 Å². The Balaban J connectivity index is 1.58. The molecule has 1 amide bonds. The van der Waals surface area contributed by atoms with Gasteiger partial charge in [-0.25, -0.2) is 8.42 Å². The first-order chi connectivity index (χ1) is 12.4. The highest BCUT2D eigenvalue weighted by molar-refractivity contribution is 8.00. The molecule has 0 saturated carbocycles. The summed E-state index contributed by atoms with van der Waals surface area (Å²) in [5.41, 5.74) is 0. The third kappa shape index (κ3) is 4.66. The zero-order chi connectivity index (χ0) is 18.7. The highest BCUT2D eigenvalue weighted by Gasteiger charge is 2.34. The molecule has 2 atom stereocenters. The minimum absolute atomic E-state index is 0.0591. The van der Waals surface area contributed by atoms with Crippen LogP contribution < -0.4 is 0 Å². The Morgan fingerprint density at radius 1 is 1.54 bits per heavy atom. The lowest BCUT2D eigenvalue weighted by Crippen LogP contribution is -2.41. The van der Waals surface area contributed by atoms with Gasteiger partial charge in [-0.1, -0.05) is 17.8 Å². The molecule has 0 aromatic carbocycles. The third-order valence-corrected chi connectivity index (χ3v) is 8.26. The molecule has 0 radical (unpaired) electrons. The van der Waals surface area contributed by atoms with Gasteiger partial charge in [0.05, 0.1) is 16.8 Å². The topological polar surface area (TPSA) is 85.2 Å². The third-order valence-electron chi connectivity index (χ3n) is 4.49. The first kappa shape index (κ1) is 19.4. The van der Waals surface area contributed by atoms with E-state index < -0.39 is 9.84 Å². The van der Waals surface area contributed by atoms with E-state index in [4.69, 9.17) is 0 Å². The van der Waals surface area contributed by atoms with Crippen LogP contribution >= 0.6 is 23.1 Å². The number of sulfone groups is 1. The summed E-state index contributed by atoms with van der Waals surface area (Å²) in [5, 5.41) is 10.5. The highest BCUT2D eigenvalue weighted by Crippen LogP contribution is 2.25. The van der Waals surface area contributed by atoms with Gasteiger partial charge in [0.1, 0.15) is 6.33 Å². The molecule has 0 N–H and O–H groups in total. The van der Waals surface area contributed by atoms with Crippen molar-refractivity contribution in [2.45, 2.75) is 42.8 Å². The van der Waals surface area contributed by atoms with Gasteiger partial charge in [-0.05, 0) is 31.2 Å². The minimum atomic E-state index is -3.01. The summed E-state index contributed by atoms with van der Waals surface area (Å²) in [6.45, 7) is 2.58. The number of hydrogen-bond donors (Lipinski definition) is 0. The van der Waals surface area contributed by atoms with Gasteiger partial charge in [0.25, 0.3) is 0 Å². The molecular formula is C16H22N4O3S3. The van der Waals surface area contributed by atoms with Gasteiger partial charge in [-0.2, -0.15) is 0 Å². The fraction of sp³-hybridized carbons (Fsp3) is 0.562. The standard InChI is InChI=1S/C16H22N4O3S3/c1-12(15(21)19(2)13-6-9-26(22,23)10-13)25-16-18-17-11-20(16)7-5-14-4-3-8-24-14/h3-4,8,11-13H,5-7,9-10H2,1-2H3. The zero-order valence-corrected chi connectivity index (χ0v) is 17.2. The van der Waals surface area contributed by atoms with Gasteiger partial charge in [0, 0.05) is 24.5 Å². The van der Waals surface area contributed by atoms with Crippen LogP contribution in [0.3, 0.4) is 0 Å². The molecular weight excluding hydrogens is 392 g/mol. The molecule has 142 valence electrons. The van der Waals surface area contributed by atoms with Gasteiger partial charge in [-0.15, -0.1) is 21.5 Å². The van der Waals surface area contributed by atoms with Crippen molar-refractivity contribution in [3.8, 4) is 0 Å². The van der Waals surface area contributed by atoms with Gasteiger partial charge >= 0.3 is 0 Å². The van der Waals surface area contributed by atoms with E-state index in [2.05, 4.69) is 21.6 Å². The van der Waals surface area contributed by atoms with E-state index in [1.807, 2.05) is 17.6 Å². The molecule has 0 spiro atoms. The maximum absolute atomic E-state index is 12.7. The summed E-state index contributed by atoms with van der Waals surface area (Å²) >= 11 is 3.08. The van der Waals surface area contributed by atoms with Crippen LogP contribution in [0.25, 0.3) is 0 Å². The zero-order valence-electron chi connectivity index (χ0n) is 14.7. The van der Waals surface area contributed by atoms with E-state index in [0.29, 0.717) is 11.6 Å². The Labute approximate surface area is 161 Å². The van der Waals surface area contributed by atoms with Crippen molar-refractivity contribution in [1.29, 1.82) is 0 Å². The second-order valence-corrected chi connectivity index (χ2v) is 11.0. The average molecular weight is 415 g/mol. The van der Waals surface area contributed by atoms with E-state index in [0.717, 1.165) is 13.0 Å². The monoisotopic (exact) mass is 414 g/mol. The normalized spacial score (nSPS) is 20.2. The molecule has 2 unspecified atom stereocenters. The Hall–Kier alpha value is -1.39. The molecule has 1 saturated heterocycles. The van der Waals surface area contributed by atoms with Crippen molar-refractivity contribution in [2.24, 2.45) is 0 Å². The van der Waals surface area contributed by atoms with Gasteiger partial charge in [0.2, 0.25) is 5.91 Å². The summed E-state index contributed by atoms with van der Waals surface area (Å²) < 4.78 is 25.2. The molecule has 2 aromatic heterocycles. The summed E-state index contributed by atoms with van der Waals surface area (Å²) in [5.74, 6) is 0.141. The second-order valence-electron chi connectivity index (χ2n) is 6.40. The Kier molecular flexibility index (Phi) is 6.03. The fourth-order valence-corrected chi connectivity index (χ4v) is 6.35. The number of aryl methyl sites for hydroxylation is 2. The van der Waals surface area contributed by atoms with Crippen LogP contribution in [0, 0.1) is 0 Å². The van der Waals surface area contributed by atoms with Crippen LogP contribution in [0.1, 0.15) is 18.2 Å². The van der Waals surface area contributed by atoms with Gasteiger partial charge in [0.15, 0.2) is 15.0 Å². The van der Waals surface area contributed by atoms with Crippen molar-refractivity contribution >= 4 is 38.8 Å². The van der Waals surface area contributed by atoms with Crippen LogP contribution in [0.15, 0.2) is 29.0 Å². The number of thioether (sulfide) groups is 1. The number of carbonyl (C=O) groups excluding carboxylic acids is 1. The van der Waals surface area contributed by atoms with Crippen molar-refractivity contribution in [3.63, 3.8) is 0 Å². The summed E-state index contributed by atoms with van der Waals surface area (Å²) in [7, 11) is -1.32. The van der Waals surface area contributed by atoms with Gasteiger partial charge in [-0.3, -0.25) is 4.79 Å². The number of aromatic nitrogens is 3. The van der Waals surface area contributed by atoms with Crippen LogP contribution in [-0.4, -0.2) is 63.8 Å². The Bertz CT molecular complexity index is 848. The quantitative estimate of drug-likeness (QED) is 0.641. The number of thiophene rings is 1. The molecule has 1 aliphatic heterocycles. The maximum atomic E-state index is 12.7. The lowest BCUT2D eigenvalue weighted by molar-refractivity contribution is -0.130. The van der Waals surface area contributed by atoms with Crippen LogP contribution in [0.5, 0.6) is 0 Å². The molecule has 1 fully saturated rings. The van der Waals surface area contributed by atoms with E-state index in [-0.39, 0.29) is 28.7 Å². The number of rotatable bonds is 7. The Morgan fingerprint density at radius 2 is 2.35 bits per heavy atom. The molecule has 26 heavy (non-hydrogen) atoms. The second kappa shape index (κ2) is 8.10. The largest absolute Gasteiger partial charge is 0.341 e. The molecule has 3 heterocycles. The van der Waals surface area contributed by atoms with Crippen LogP contribution in [-0.2, 0) is 27.6 Å². The van der Waals surface area contributed by atoms with Crippen LogP contribution in [0.2, 0.25) is 0 Å². The SMILES string of the molecule is CC(Sc1nncn1CCc1cccs1)C(=O)N(C)C1CCS(=O)(=O)C1. The predicted octanol–water partition coefficient (Wildman–Crippen LogP) is 1.71. The van der Waals surface area contributed by atoms with E-state index in [9.17, 15) is 13.2 Å². The van der Waals surface area contributed by atoms with Crippen molar-refractivity contribution in [2.75, 3.05) is 18.6 Å². The molecule has 3 rings (SSSR count). The Morgan fingerprint density at radius 3 is 3.00 bits per heavy atom. The van der Waals surface area contributed by atoms with Crippen molar-refractivity contribution in [1.82, 2.24) is 19.7 Å². The number of nitrogens with zero attached hydrogens (tertiary/aromatic N) is 4. The van der Waals surface area contributed by atoms with E-state index >= 15 is 0 Å². The maximum Gasteiger partial charge on any atom is 0.235 e. The molecule has 2 aromatic rings. The van der Waals surface area contributed by atoms with Crippen molar-refractivity contribution < 1.29 is 13.2 Å². The summed E-state index contributed by atoms with van der Waals surface area (Å²) in [4.78, 5) is 15.5. The van der Waals surface area contributed by atoms with E-state index in [1.165, 1.54) is 16.6 Å². The first-order valence-corrected chi connectivity index (χ1v) is 12.0. The smallest absolute Gasteiger partial charge is 0.235 e. The summed E-state index contributed by atoms with van der Waals surface area (Å²) in [6.07, 6.45) is 3.09. The lowest BCUT2D eigenvalue weighted by atomic mass is 10.2. The predicted molar refractivity (Wildman–Crippen MR) is 103 cm³/mol. The highest BCUT2D eigenvalue weighted by atomic mass is 32.2. The fourth-order valence-electron chi connectivity index (χ4n) is 2.93. The average Bonchev–Trinajstić information content (AvgIpc) is 3.33. The molecule has 10 heteroatoms. The summed E-state index contributed by atoms with van der Waals surface area (Å²) in [6, 6.07) is 3.90. The van der Waals surface area contributed by atoms with Gasteiger partial charge < -0.3 is 9.47 Å². The molecule has 7 nitrogen and oxygen atoms in total. The van der Waals surface area contributed by atoms with E-state index in [1.54, 1.807) is 29.6 Å². The number of carbonyl (C=O) groups is 1.